The molecule has 1 aliphatic rings. The van der Waals surface area contributed by atoms with E-state index in [0.29, 0.717) is 0 Å². The summed E-state index contributed by atoms with van der Waals surface area (Å²) in [6, 6.07) is 0. The van der Waals surface area contributed by atoms with Gasteiger partial charge in [0.25, 0.3) is 0 Å². The molecule has 0 spiro atoms. The first-order valence-corrected chi connectivity index (χ1v) is 3.20. The minimum atomic E-state index is 0.144. The van der Waals surface area contributed by atoms with Gasteiger partial charge in [-0.3, -0.25) is 4.79 Å². The van der Waals surface area contributed by atoms with Crippen molar-refractivity contribution in [1.82, 2.24) is 0 Å². The zero-order valence-corrected chi connectivity index (χ0v) is 5.61. The Morgan fingerprint density at radius 2 is 2.22 bits per heavy atom. The maximum Gasteiger partial charge on any atom is 0.154 e. The normalized spacial score (nSPS) is 18.8. The Morgan fingerprint density at radius 1 is 1.56 bits per heavy atom. The van der Waals surface area contributed by atoms with Crippen LogP contribution in [0.4, 0.5) is 0 Å². The highest BCUT2D eigenvalue weighted by molar-refractivity contribution is 6.25. The van der Waals surface area contributed by atoms with Crippen molar-refractivity contribution in [2.45, 2.75) is 26.2 Å². The predicted molar refractivity (Wildman–Crippen MR) is 37.3 cm³/mol. The summed E-state index contributed by atoms with van der Waals surface area (Å²) < 4.78 is 0. The summed E-state index contributed by atoms with van der Waals surface area (Å²) in [7, 11) is 5.54. The SMILES string of the molecule is [B]C1=C(C(C)=O)CCC1. The van der Waals surface area contributed by atoms with Crippen molar-refractivity contribution < 1.29 is 4.79 Å². The van der Waals surface area contributed by atoms with Crippen LogP contribution in [0.3, 0.4) is 0 Å². The summed E-state index contributed by atoms with van der Waals surface area (Å²) in [4.78, 5) is 10.7. The van der Waals surface area contributed by atoms with E-state index >= 15 is 0 Å². The highest BCUT2D eigenvalue weighted by Crippen LogP contribution is 2.23. The molecule has 2 radical (unpaired) electrons. The summed E-state index contributed by atoms with van der Waals surface area (Å²) >= 11 is 0. The van der Waals surface area contributed by atoms with Gasteiger partial charge in [-0.05, 0) is 31.8 Å². The Hall–Kier alpha value is -0.525. The van der Waals surface area contributed by atoms with Crippen molar-refractivity contribution in [3.8, 4) is 0 Å². The number of Topliss-reactive ketones (excluding diaryl/α,β-unsaturated/α-hetero) is 1. The fraction of sp³-hybridized carbons (Fsp3) is 0.571. The molecule has 0 amide bonds. The third kappa shape index (κ3) is 1.23. The zero-order chi connectivity index (χ0) is 6.85. The van der Waals surface area contributed by atoms with E-state index in [2.05, 4.69) is 0 Å². The summed E-state index contributed by atoms with van der Waals surface area (Å²) in [6.45, 7) is 1.58. The number of hydrogen-bond acceptors (Lipinski definition) is 1. The molecule has 0 bridgehead atoms. The molecule has 1 aliphatic carbocycles. The smallest absolute Gasteiger partial charge is 0.154 e. The second-order valence-corrected chi connectivity index (χ2v) is 2.41. The van der Waals surface area contributed by atoms with Crippen LogP contribution < -0.4 is 0 Å². The molecule has 46 valence electrons. The first-order chi connectivity index (χ1) is 4.22. The van der Waals surface area contributed by atoms with Crippen LogP contribution >= 0.6 is 0 Å². The van der Waals surface area contributed by atoms with Crippen LogP contribution in [0.25, 0.3) is 0 Å². The van der Waals surface area contributed by atoms with E-state index in [4.69, 9.17) is 7.85 Å². The van der Waals surface area contributed by atoms with Crippen LogP contribution in [-0.2, 0) is 4.79 Å². The number of hydrogen-bond donors (Lipinski definition) is 0. The molecule has 0 N–H and O–H groups in total. The molecular formula is C7H9BO. The number of carbonyl (C=O) groups excluding carboxylic acids is 1. The highest BCUT2D eigenvalue weighted by atomic mass is 16.1. The molecular weight excluding hydrogens is 111 g/mol. The maximum atomic E-state index is 10.7. The molecule has 0 heterocycles. The van der Waals surface area contributed by atoms with Crippen LogP contribution in [-0.4, -0.2) is 13.6 Å². The molecule has 0 unspecified atom stereocenters. The predicted octanol–water partition coefficient (Wildman–Crippen LogP) is 1.18. The topological polar surface area (TPSA) is 17.1 Å². The van der Waals surface area contributed by atoms with Gasteiger partial charge in [0.05, 0.1) is 0 Å². The van der Waals surface area contributed by atoms with Crippen molar-refractivity contribution in [1.29, 1.82) is 0 Å². The quantitative estimate of drug-likeness (QED) is 0.475. The molecule has 1 nitrogen and oxygen atoms in total. The van der Waals surface area contributed by atoms with Gasteiger partial charge in [-0.1, -0.05) is 0 Å². The van der Waals surface area contributed by atoms with Crippen molar-refractivity contribution in [2.75, 3.05) is 0 Å². The van der Waals surface area contributed by atoms with E-state index in [9.17, 15) is 4.79 Å². The molecule has 9 heavy (non-hydrogen) atoms. The van der Waals surface area contributed by atoms with Gasteiger partial charge in [0.15, 0.2) is 5.78 Å². The van der Waals surface area contributed by atoms with Gasteiger partial charge in [0.1, 0.15) is 7.85 Å². The van der Waals surface area contributed by atoms with Crippen LogP contribution in [0.1, 0.15) is 26.2 Å². The van der Waals surface area contributed by atoms with E-state index in [0.717, 1.165) is 30.3 Å². The fourth-order valence-electron chi connectivity index (χ4n) is 1.17. The lowest BCUT2D eigenvalue weighted by atomic mass is 9.91. The molecule has 0 aliphatic heterocycles. The van der Waals surface area contributed by atoms with Gasteiger partial charge in [0, 0.05) is 0 Å². The average Bonchev–Trinajstić information content (AvgIpc) is 2.13. The van der Waals surface area contributed by atoms with Crippen LogP contribution in [0.15, 0.2) is 11.0 Å². The Bertz CT molecular complexity index is 170. The van der Waals surface area contributed by atoms with Gasteiger partial charge < -0.3 is 0 Å². The minimum Gasteiger partial charge on any atom is -0.295 e. The van der Waals surface area contributed by atoms with E-state index < -0.39 is 0 Å². The van der Waals surface area contributed by atoms with E-state index in [-0.39, 0.29) is 5.78 Å². The zero-order valence-electron chi connectivity index (χ0n) is 5.61. The lowest BCUT2D eigenvalue weighted by Gasteiger charge is -1.94. The number of carbonyl (C=O) groups is 1. The number of rotatable bonds is 1. The van der Waals surface area contributed by atoms with Gasteiger partial charge in [-0.2, -0.15) is 0 Å². The molecule has 0 atom stereocenters. The molecule has 0 aromatic carbocycles. The summed E-state index contributed by atoms with van der Waals surface area (Å²) in [6.07, 6.45) is 2.86. The van der Waals surface area contributed by atoms with Crippen molar-refractivity contribution in [3.05, 3.63) is 11.0 Å². The molecule has 0 aromatic rings. The van der Waals surface area contributed by atoms with E-state index in [1.165, 1.54) is 0 Å². The van der Waals surface area contributed by atoms with Crippen molar-refractivity contribution in [2.24, 2.45) is 0 Å². The van der Waals surface area contributed by atoms with Gasteiger partial charge in [0.2, 0.25) is 0 Å². The summed E-state index contributed by atoms with van der Waals surface area (Å²) in [5.74, 6) is 0.144. The lowest BCUT2D eigenvalue weighted by molar-refractivity contribution is -0.113. The summed E-state index contributed by atoms with van der Waals surface area (Å²) in [5.41, 5.74) is 1.66. The Balaban J connectivity index is 2.78. The van der Waals surface area contributed by atoms with Crippen LogP contribution in [0, 0.1) is 0 Å². The Labute approximate surface area is 56.5 Å². The Morgan fingerprint density at radius 3 is 2.44 bits per heavy atom. The molecule has 0 saturated carbocycles. The number of allylic oxidation sites excluding steroid dienone is 2. The van der Waals surface area contributed by atoms with Gasteiger partial charge in [-0.15, -0.1) is 5.47 Å². The van der Waals surface area contributed by atoms with Gasteiger partial charge in [-0.25, -0.2) is 0 Å². The van der Waals surface area contributed by atoms with E-state index in [1.54, 1.807) is 6.92 Å². The molecule has 0 aromatic heterocycles. The molecule has 2 heteroatoms. The first kappa shape index (κ1) is 6.59. The average molecular weight is 120 g/mol. The van der Waals surface area contributed by atoms with Crippen molar-refractivity contribution >= 4 is 13.6 Å². The molecule has 1 rings (SSSR count). The van der Waals surface area contributed by atoms with Crippen LogP contribution in [0.2, 0.25) is 0 Å². The maximum absolute atomic E-state index is 10.7. The fourth-order valence-corrected chi connectivity index (χ4v) is 1.17. The number of ketones is 1. The second kappa shape index (κ2) is 2.38. The van der Waals surface area contributed by atoms with Gasteiger partial charge >= 0.3 is 0 Å². The Kier molecular flexibility index (Phi) is 1.74. The highest BCUT2D eigenvalue weighted by Gasteiger charge is 2.12. The molecule has 0 saturated heterocycles. The third-order valence-corrected chi connectivity index (χ3v) is 1.69. The largest absolute Gasteiger partial charge is 0.295 e. The summed E-state index contributed by atoms with van der Waals surface area (Å²) in [5, 5.41) is 0. The minimum absolute atomic E-state index is 0.144. The first-order valence-electron chi connectivity index (χ1n) is 3.20. The van der Waals surface area contributed by atoms with E-state index in [1.807, 2.05) is 0 Å². The second-order valence-electron chi connectivity index (χ2n) is 2.41. The van der Waals surface area contributed by atoms with Crippen LogP contribution in [0.5, 0.6) is 0 Å². The third-order valence-electron chi connectivity index (χ3n) is 1.69. The molecule has 0 fully saturated rings. The van der Waals surface area contributed by atoms with Crippen molar-refractivity contribution in [3.63, 3.8) is 0 Å². The standard InChI is InChI=1S/C7H9BO/c1-5(9)6-3-2-4-7(6)8/h2-4H2,1H3. The monoisotopic (exact) mass is 120 g/mol. The lowest BCUT2D eigenvalue weighted by Crippen LogP contribution is -1.95.